The molecule has 0 aliphatic heterocycles. The number of rotatable bonds is 9. The highest BCUT2D eigenvalue weighted by atomic mass is 16.5. The van der Waals surface area contributed by atoms with E-state index in [1.54, 1.807) is 0 Å². The molecular formula is C11H23NO2. The van der Waals surface area contributed by atoms with Gasteiger partial charge in [0.15, 0.2) is 0 Å². The first-order valence-electron chi connectivity index (χ1n) is 5.23. The predicted molar refractivity (Wildman–Crippen MR) is 59.6 cm³/mol. The maximum absolute atomic E-state index is 5.38. The second-order valence-corrected chi connectivity index (χ2v) is 3.50. The van der Waals surface area contributed by atoms with Crippen molar-refractivity contribution >= 4 is 0 Å². The fourth-order valence-electron chi connectivity index (χ4n) is 0.912. The summed E-state index contributed by atoms with van der Waals surface area (Å²) in [4.78, 5) is 0. The molecule has 0 radical (unpaired) electrons. The lowest BCUT2D eigenvalue weighted by molar-refractivity contribution is 0.0252. The number of likely N-dealkylation sites (N-methyl/N-ethyl adjacent to an activating group) is 1. The molecule has 3 nitrogen and oxygen atoms in total. The lowest BCUT2D eigenvalue weighted by atomic mass is 10.3. The standard InChI is InChI=1S/C11H23NO2/c1-5-12-8-11(4)9-13-6-7-14-10(2)3/h10,12H,4-9H2,1-3H3. The van der Waals surface area contributed by atoms with Gasteiger partial charge < -0.3 is 14.8 Å². The summed E-state index contributed by atoms with van der Waals surface area (Å²) in [6.07, 6.45) is 0.281. The molecule has 0 aromatic heterocycles. The SMILES string of the molecule is C=C(CNCC)COCCOC(C)C. The average Bonchev–Trinajstić information content (AvgIpc) is 2.13. The third-order valence-corrected chi connectivity index (χ3v) is 1.61. The van der Waals surface area contributed by atoms with Gasteiger partial charge in [0.25, 0.3) is 0 Å². The van der Waals surface area contributed by atoms with Crippen LogP contribution in [0.15, 0.2) is 12.2 Å². The van der Waals surface area contributed by atoms with E-state index in [2.05, 4.69) is 18.8 Å². The van der Waals surface area contributed by atoms with Gasteiger partial charge in [0.1, 0.15) is 0 Å². The first-order chi connectivity index (χ1) is 6.66. The van der Waals surface area contributed by atoms with Crippen molar-refractivity contribution in [3.8, 4) is 0 Å². The van der Waals surface area contributed by atoms with Crippen molar-refractivity contribution < 1.29 is 9.47 Å². The minimum absolute atomic E-state index is 0.281. The fraction of sp³-hybridized carbons (Fsp3) is 0.818. The van der Waals surface area contributed by atoms with E-state index < -0.39 is 0 Å². The van der Waals surface area contributed by atoms with E-state index in [9.17, 15) is 0 Å². The molecule has 0 aliphatic rings. The summed E-state index contributed by atoms with van der Waals surface area (Å²) in [7, 11) is 0. The maximum atomic E-state index is 5.38. The quantitative estimate of drug-likeness (QED) is 0.454. The van der Waals surface area contributed by atoms with Gasteiger partial charge in [0.2, 0.25) is 0 Å². The van der Waals surface area contributed by atoms with Gasteiger partial charge in [-0.05, 0) is 26.0 Å². The number of hydrogen-bond acceptors (Lipinski definition) is 3. The normalized spacial score (nSPS) is 10.9. The maximum Gasteiger partial charge on any atom is 0.0705 e. The van der Waals surface area contributed by atoms with Gasteiger partial charge >= 0.3 is 0 Å². The Labute approximate surface area is 87.5 Å². The lowest BCUT2D eigenvalue weighted by Gasteiger charge is -2.09. The van der Waals surface area contributed by atoms with Crippen LogP contribution in [0, 0.1) is 0 Å². The van der Waals surface area contributed by atoms with Crippen LogP contribution in [0.5, 0.6) is 0 Å². The average molecular weight is 201 g/mol. The summed E-state index contributed by atoms with van der Waals surface area (Å²) >= 11 is 0. The van der Waals surface area contributed by atoms with Crippen molar-refractivity contribution in [1.82, 2.24) is 5.32 Å². The topological polar surface area (TPSA) is 30.5 Å². The van der Waals surface area contributed by atoms with Crippen LogP contribution in [-0.2, 0) is 9.47 Å². The molecule has 0 aromatic carbocycles. The molecule has 0 atom stereocenters. The van der Waals surface area contributed by atoms with Crippen LogP contribution in [-0.4, -0.2) is 39.0 Å². The van der Waals surface area contributed by atoms with E-state index in [1.807, 2.05) is 13.8 Å². The number of ether oxygens (including phenoxy) is 2. The smallest absolute Gasteiger partial charge is 0.0705 e. The van der Waals surface area contributed by atoms with Crippen LogP contribution < -0.4 is 5.32 Å². The molecule has 0 heterocycles. The molecule has 0 rings (SSSR count). The largest absolute Gasteiger partial charge is 0.376 e. The third kappa shape index (κ3) is 9.71. The zero-order valence-corrected chi connectivity index (χ0v) is 9.64. The first-order valence-corrected chi connectivity index (χ1v) is 5.23. The first kappa shape index (κ1) is 13.6. The molecule has 0 spiro atoms. The van der Waals surface area contributed by atoms with Gasteiger partial charge in [0, 0.05) is 6.54 Å². The highest BCUT2D eigenvalue weighted by molar-refractivity contribution is 4.96. The molecule has 84 valence electrons. The van der Waals surface area contributed by atoms with Crippen LogP contribution in [0.2, 0.25) is 0 Å². The summed E-state index contributed by atoms with van der Waals surface area (Å²) in [6, 6.07) is 0. The summed E-state index contributed by atoms with van der Waals surface area (Å²) in [6.45, 7) is 13.7. The molecule has 0 bridgehead atoms. The number of nitrogens with one attached hydrogen (secondary N) is 1. The predicted octanol–water partition coefficient (Wildman–Crippen LogP) is 1.59. The summed E-state index contributed by atoms with van der Waals surface area (Å²) < 4.78 is 10.7. The summed E-state index contributed by atoms with van der Waals surface area (Å²) in [5.41, 5.74) is 1.08. The Bertz CT molecular complexity index is 146. The van der Waals surface area contributed by atoms with Gasteiger partial charge in [0.05, 0.1) is 25.9 Å². The Morgan fingerprint density at radius 3 is 2.64 bits per heavy atom. The van der Waals surface area contributed by atoms with Crippen LogP contribution in [0.3, 0.4) is 0 Å². The molecular weight excluding hydrogens is 178 g/mol. The molecule has 0 fully saturated rings. The Morgan fingerprint density at radius 1 is 1.36 bits per heavy atom. The number of hydrogen-bond donors (Lipinski definition) is 1. The van der Waals surface area contributed by atoms with E-state index in [4.69, 9.17) is 9.47 Å². The lowest BCUT2D eigenvalue weighted by Crippen LogP contribution is -2.19. The molecule has 0 aliphatic carbocycles. The van der Waals surface area contributed by atoms with Crippen molar-refractivity contribution in [3.63, 3.8) is 0 Å². The Balaban J connectivity index is 3.15. The van der Waals surface area contributed by atoms with Crippen LogP contribution >= 0.6 is 0 Å². The van der Waals surface area contributed by atoms with Crippen LogP contribution in [0.25, 0.3) is 0 Å². The molecule has 0 saturated carbocycles. The third-order valence-electron chi connectivity index (χ3n) is 1.61. The van der Waals surface area contributed by atoms with E-state index in [-0.39, 0.29) is 6.10 Å². The minimum atomic E-state index is 0.281. The van der Waals surface area contributed by atoms with E-state index >= 15 is 0 Å². The van der Waals surface area contributed by atoms with Gasteiger partial charge in [-0.2, -0.15) is 0 Å². The molecule has 0 amide bonds. The van der Waals surface area contributed by atoms with Gasteiger partial charge in [-0.25, -0.2) is 0 Å². The molecule has 3 heteroatoms. The monoisotopic (exact) mass is 201 g/mol. The van der Waals surface area contributed by atoms with Crippen molar-refractivity contribution in [2.45, 2.75) is 26.9 Å². The van der Waals surface area contributed by atoms with E-state index in [1.165, 1.54) is 0 Å². The fourth-order valence-corrected chi connectivity index (χ4v) is 0.912. The highest BCUT2D eigenvalue weighted by Crippen LogP contribution is 1.91. The van der Waals surface area contributed by atoms with Crippen molar-refractivity contribution in [2.75, 3.05) is 32.9 Å². The molecule has 14 heavy (non-hydrogen) atoms. The minimum Gasteiger partial charge on any atom is -0.376 e. The zero-order valence-electron chi connectivity index (χ0n) is 9.64. The van der Waals surface area contributed by atoms with Gasteiger partial charge in [-0.15, -0.1) is 0 Å². The molecule has 0 unspecified atom stereocenters. The summed E-state index contributed by atoms with van der Waals surface area (Å²) in [5.74, 6) is 0. The molecule has 0 aromatic rings. The highest BCUT2D eigenvalue weighted by Gasteiger charge is 1.95. The van der Waals surface area contributed by atoms with Crippen molar-refractivity contribution in [3.05, 3.63) is 12.2 Å². The van der Waals surface area contributed by atoms with Crippen LogP contribution in [0.1, 0.15) is 20.8 Å². The molecule has 0 saturated heterocycles. The summed E-state index contributed by atoms with van der Waals surface area (Å²) in [5, 5.41) is 3.20. The second kappa shape index (κ2) is 9.19. The Morgan fingerprint density at radius 2 is 2.07 bits per heavy atom. The Kier molecular flexibility index (Phi) is 8.94. The van der Waals surface area contributed by atoms with Crippen LogP contribution in [0.4, 0.5) is 0 Å². The van der Waals surface area contributed by atoms with E-state index in [0.717, 1.165) is 18.7 Å². The van der Waals surface area contributed by atoms with Crippen molar-refractivity contribution in [2.24, 2.45) is 0 Å². The molecule has 1 N–H and O–H groups in total. The Hall–Kier alpha value is -0.380. The van der Waals surface area contributed by atoms with E-state index in [0.29, 0.717) is 19.8 Å². The van der Waals surface area contributed by atoms with Gasteiger partial charge in [-0.1, -0.05) is 13.5 Å². The van der Waals surface area contributed by atoms with Crippen molar-refractivity contribution in [1.29, 1.82) is 0 Å². The zero-order chi connectivity index (χ0) is 10.8. The van der Waals surface area contributed by atoms with Gasteiger partial charge in [-0.3, -0.25) is 0 Å². The second-order valence-electron chi connectivity index (χ2n) is 3.50.